The summed E-state index contributed by atoms with van der Waals surface area (Å²) in [5.74, 6) is 0. The molecule has 3 N–H and O–H groups in total. The number of hydrogen-bond donors (Lipinski definition) is 2. The van der Waals surface area contributed by atoms with Crippen molar-refractivity contribution in [3.05, 3.63) is 33.9 Å². The second-order valence-electron chi connectivity index (χ2n) is 4.68. The number of rotatable bonds is 6. The lowest BCUT2D eigenvalue weighted by atomic mass is 9.94. The van der Waals surface area contributed by atoms with Crippen LogP contribution in [-0.4, -0.2) is 17.0 Å². The Morgan fingerprint density at radius 2 is 2.00 bits per heavy atom. The number of aryl methyl sites for hydroxylation is 1. The SMILES string of the molecule is CCC(N)(CC)CNc1cc([N+](=O)[O-])ccc1C. The van der Waals surface area contributed by atoms with Gasteiger partial charge < -0.3 is 11.1 Å². The molecule has 0 spiro atoms. The van der Waals surface area contributed by atoms with Crippen LogP contribution in [0.25, 0.3) is 0 Å². The van der Waals surface area contributed by atoms with Gasteiger partial charge in [-0.2, -0.15) is 0 Å². The summed E-state index contributed by atoms with van der Waals surface area (Å²) in [6.45, 7) is 6.63. The molecular formula is C13H21N3O2. The van der Waals surface area contributed by atoms with E-state index in [9.17, 15) is 10.1 Å². The summed E-state index contributed by atoms with van der Waals surface area (Å²) in [5.41, 5.74) is 7.79. The molecule has 5 nitrogen and oxygen atoms in total. The summed E-state index contributed by atoms with van der Waals surface area (Å²) < 4.78 is 0. The molecule has 0 amide bonds. The van der Waals surface area contributed by atoms with Gasteiger partial charge in [0.25, 0.3) is 5.69 Å². The van der Waals surface area contributed by atoms with Crippen LogP contribution >= 0.6 is 0 Å². The third-order valence-corrected chi connectivity index (χ3v) is 3.47. The van der Waals surface area contributed by atoms with Crippen molar-refractivity contribution in [3.63, 3.8) is 0 Å². The largest absolute Gasteiger partial charge is 0.383 e. The smallest absolute Gasteiger partial charge is 0.271 e. The molecule has 18 heavy (non-hydrogen) atoms. The molecule has 100 valence electrons. The second kappa shape index (κ2) is 5.82. The van der Waals surface area contributed by atoms with Gasteiger partial charge in [0.1, 0.15) is 0 Å². The molecule has 0 bridgehead atoms. The van der Waals surface area contributed by atoms with Crippen molar-refractivity contribution >= 4 is 11.4 Å². The lowest BCUT2D eigenvalue weighted by Gasteiger charge is -2.27. The zero-order chi connectivity index (χ0) is 13.8. The van der Waals surface area contributed by atoms with Gasteiger partial charge in [0.15, 0.2) is 0 Å². The van der Waals surface area contributed by atoms with E-state index in [0.717, 1.165) is 24.1 Å². The van der Waals surface area contributed by atoms with E-state index in [1.807, 2.05) is 20.8 Å². The van der Waals surface area contributed by atoms with Crippen molar-refractivity contribution in [1.29, 1.82) is 0 Å². The van der Waals surface area contributed by atoms with Crippen LogP contribution in [0.5, 0.6) is 0 Å². The van der Waals surface area contributed by atoms with Gasteiger partial charge >= 0.3 is 0 Å². The highest BCUT2D eigenvalue weighted by atomic mass is 16.6. The second-order valence-corrected chi connectivity index (χ2v) is 4.68. The number of nitro groups is 1. The molecule has 0 aliphatic rings. The molecule has 1 aromatic rings. The molecule has 0 aromatic heterocycles. The van der Waals surface area contributed by atoms with E-state index in [-0.39, 0.29) is 16.1 Å². The van der Waals surface area contributed by atoms with Crippen molar-refractivity contribution in [1.82, 2.24) is 0 Å². The minimum Gasteiger partial charge on any atom is -0.383 e. The summed E-state index contributed by atoms with van der Waals surface area (Å²) in [5, 5.41) is 14.0. The molecule has 0 saturated heterocycles. The van der Waals surface area contributed by atoms with Crippen molar-refractivity contribution in [3.8, 4) is 0 Å². The Morgan fingerprint density at radius 3 is 2.50 bits per heavy atom. The van der Waals surface area contributed by atoms with E-state index < -0.39 is 0 Å². The molecule has 0 atom stereocenters. The van der Waals surface area contributed by atoms with Crippen LogP contribution < -0.4 is 11.1 Å². The van der Waals surface area contributed by atoms with E-state index in [1.54, 1.807) is 12.1 Å². The Hall–Kier alpha value is -1.62. The zero-order valence-corrected chi connectivity index (χ0v) is 11.2. The van der Waals surface area contributed by atoms with Gasteiger partial charge in [0, 0.05) is 29.9 Å². The lowest BCUT2D eigenvalue weighted by Crippen LogP contribution is -2.45. The van der Waals surface area contributed by atoms with Crippen molar-refractivity contribution in [2.75, 3.05) is 11.9 Å². The van der Waals surface area contributed by atoms with Crippen LogP contribution in [0.4, 0.5) is 11.4 Å². The van der Waals surface area contributed by atoms with Crippen LogP contribution in [0, 0.1) is 17.0 Å². The van der Waals surface area contributed by atoms with E-state index in [1.165, 1.54) is 6.07 Å². The van der Waals surface area contributed by atoms with E-state index in [4.69, 9.17) is 5.73 Å². The lowest BCUT2D eigenvalue weighted by molar-refractivity contribution is -0.384. The van der Waals surface area contributed by atoms with Crippen molar-refractivity contribution in [2.45, 2.75) is 39.2 Å². The summed E-state index contributed by atoms with van der Waals surface area (Å²) >= 11 is 0. The monoisotopic (exact) mass is 251 g/mol. The Morgan fingerprint density at radius 1 is 1.39 bits per heavy atom. The number of hydrogen-bond acceptors (Lipinski definition) is 4. The average Bonchev–Trinajstić information content (AvgIpc) is 2.37. The van der Waals surface area contributed by atoms with Crippen LogP contribution in [0.2, 0.25) is 0 Å². The molecule has 0 saturated carbocycles. The topological polar surface area (TPSA) is 81.2 Å². The Balaban J connectivity index is 2.84. The van der Waals surface area contributed by atoms with Gasteiger partial charge in [0.2, 0.25) is 0 Å². The molecule has 5 heteroatoms. The number of benzene rings is 1. The molecule has 0 fully saturated rings. The predicted octanol–water partition coefficient (Wildman–Crippen LogP) is 2.83. The number of non-ortho nitro benzene ring substituents is 1. The minimum absolute atomic E-state index is 0.0960. The van der Waals surface area contributed by atoms with Crippen LogP contribution in [0.3, 0.4) is 0 Å². The summed E-state index contributed by atoms with van der Waals surface area (Å²) in [6.07, 6.45) is 1.73. The number of nitro benzene ring substituents is 1. The molecule has 0 unspecified atom stereocenters. The number of nitrogens with zero attached hydrogens (tertiary/aromatic N) is 1. The van der Waals surface area contributed by atoms with E-state index in [0.29, 0.717) is 6.54 Å². The molecule has 0 heterocycles. The fraction of sp³-hybridized carbons (Fsp3) is 0.538. The Kier molecular flexibility index (Phi) is 4.67. The van der Waals surface area contributed by atoms with Crippen LogP contribution in [0.1, 0.15) is 32.3 Å². The highest BCUT2D eigenvalue weighted by molar-refractivity contribution is 5.57. The molecule has 0 aliphatic heterocycles. The first-order valence-electron chi connectivity index (χ1n) is 6.19. The highest BCUT2D eigenvalue weighted by Gasteiger charge is 2.20. The first-order chi connectivity index (χ1) is 8.41. The summed E-state index contributed by atoms with van der Waals surface area (Å²) in [4.78, 5) is 10.3. The average molecular weight is 251 g/mol. The molecule has 1 rings (SSSR count). The number of anilines is 1. The molecular weight excluding hydrogens is 230 g/mol. The van der Waals surface area contributed by atoms with Crippen molar-refractivity contribution < 1.29 is 4.92 Å². The number of nitrogens with two attached hydrogens (primary N) is 1. The van der Waals surface area contributed by atoms with Crippen molar-refractivity contribution in [2.24, 2.45) is 5.73 Å². The first kappa shape index (κ1) is 14.4. The van der Waals surface area contributed by atoms with E-state index in [2.05, 4.69) is 5.32 Å². The van der Waals surface area contributed by atoms with E-state index >= 15 is 0 Å². The normalized spacial score (nSPS) is 11.3. The maximum atomic E-state index is 10.7. The third kappa shape index (κ3) is 3.43. The molecule has 0 aliphatic carbocycles. The fourth-order valence-corrected chi connectivity index (χ4v) is 1.69. The van der Waals surface area contributed by atoms with Crippen LogP contribution in [-0.2, 0) is 0 Å². The maximum Gasteiger partial charge on any atom is 0.271 e. The highest BCUT2D eigenvalue weighted by Crippen LogP contribution is 2.23. The zero-order valence-electron chi connectivity index (χ0n) is 11.2. The van der Waals surface area contributed by atoms with Crippen LogP contribution in [0.15, 0.2) is 18.2 Å². The quantitative estimate of drug-likeness (QED) is 0.601. The minimum atomic E-state index is -0.389. The maximum absolute atomic E-state index is 10.7. The Labute approximate surface area is 108 Å². The number of nitrogens with one attached hydrogen (secondary N) is 1. The fourth-order valence-electron chi connectivity index (χ4n) is 1.69. The van der Waals surface area contributed by atoms with Gasteiger partial charge in [-0.25, -0.2) is 0 Å². The summed E-state index contributed by atoms with van der Waals surface area (Å²) in [6, 6.07) is 4.81. The van der Waals surface area contributed by atoms with Gasteiger partial charge in [-0.15, -0.1) is 0 Å². The van der Waals surface area contributed by atoms with Gasteiger partial charge in [-0.1, -0.05) is 19.9 Å². The molecule has 0 radical (unpaired) electrons. The third-order valence-electron chi connectivity index (χ3n) is 3.47. The predicted molar refractivity (Wildman–Crippen MR) is 73.8 cm³/mol. The standard InChI is InChI=1S/C13H21N3O2/c1-4-13(14,5-2)9-15-12-8-11(16(17)18)7-6-10(12)3/h6-8,15H,4-5,9,14H2,1-3H3. The van der Waals surface area contributed by atoms with Gasteiger partial charge in [-0.05, 0) is 25.3 Å². The Bertz CT molecular complexity index is 428. The summed E-state index contributed by atoms with van der Waals surface area (Å²) in [7, 11) is 0. The molecule has 1 aromatic carbocycles. The first-order valence-corrected chi connectivity index (χ1v) is 6.19. The van der Waals surface area contributed by atoms with Gasteiger partial charge in [0.05, 0.1) is 4.92 Å². The van der Waals surface area contributed by atoms with Gasteiger partial charge in [-0.3, -0.25) is 10.1 Å².